The Hall–Kier alpha value is -0.590. The second-order valence-corrected chi connectivity index (χ2v) is 6.68. The third-order valence-corrected chi connectivity index (χ3v) is 6.06. The molecule has 1 aromatic heterocycles. The topological polar surface area (TPSA) is 57.6 Å². The van der Waals surface area contributed by atoms with E-state index in [-0.39, 0.29) is 9.96 Å². The van der Waals surface area contributed by atoms with Crippen molar-refractivity contribution in [3.05, 3.63) is 10.9 Å². The van der Waals surface area contributed by atoms with Crippen molar-refractivity contribution >= 4 is 21.4 Å². The van der Waals surface area contributed by atoms with Crippen LogP contribution in [0.3, 0.4) is 0 Å². The van der Waals surface area contributed by atoms with Crippen molar-refractivity contribution in [1.82, 2.24) is 4.31 Å². The maximum atomic E-state index is 12.0. The zero-order valence-corrected chi connectivity index (χ0v) is 10.1. The number of sulfonamides is 1. The fraction of sp³-hybridized carbons (Fsp3) is 0.556. The van der Waals surface area contributed by atoms with E-state index in [0.29, 0.717) is 18.7 Å². The third kappa shape index (κ3) is 1.77. The zero-order chi connectivity index (χ0) is 11.1. The first kappa shape index (κ1) is 10.9. The Balaban J connectivity index is 2.41. The van der Waals surface area contributed by atoms with Crippen molar-refractivity contribution < 1.29 is 13.5 Å². The van der Waals surface area contributed by atoms with E-state index in [1.165, 1.54) is 4.31 Å². The molecule has 0 spiro atoms. The highest BCUT2D eigenvalue weighted by atomic mass is 32.2. The minimum absolute atomic E-state index is 0.0851. The molecule has 1 aliphatic rings. The van der Waals surface area contributed by atoms with Gasteiger partial charge in [-0.25, -0.2) is 8.42 Å². The van der Waals surface area contributed by atoms with Crippen LogP contribution in [0.4, 0.5) is 0 Å². The summed E-state index contributed by atoms with van der Waals surface area (Å²) in [5.74, 6) is -0.0908. The Morgan fingerprint density at radius 1 is 1.40 bits per heavy atom. The molecule has 1 aromatic rings. The highest BCUT2D eigenvalue weighted by molar-refractivity contribution is 7.91. The molecular weight excluding hydrogens is 234 g/mol. The lowest BCUT2D eigenvalue weighted by molar-refractivity contribution is 0.447. The molecule has 6 heteroatoms. The minimum atomic E-state index is -3.45. The van der Waals surface area contributed by atoms with Crippen LogP contribution < -0.4 is 0 Å². The van der Waals surface area contributed by atoms with Crippen LogP contribution >= 0.6 is 11.3 Å². The number of hydrogen-bond acceptors (Lipinski definition) is 4. The number of rotatable bonds is 2. The van der Waals surface area contributed by atoms with Crippen LogP contribution in [-0.2, 0) is 10.0 Å². The summed E-state index contributed by atoms with van der Waals surface area (Å²) < 4.78 is 25.6. The highest BCUT2D eigenvalue weighted by Crippen LogP contribution is 2.35. The molecule has 2 heterocycles. The van der Waals surface area contributed by atoms with Gasteiger partial charge in [0.1, 0.15) is 5.75 Å². The van der Waals surface area contributed by atoms with Crippen molar-refractivity contribution in [3.8, 4) is 5.75 Å². The summed E-state index contributed by atoms with van der Waals surface area (Å²) in [7, 11) is -3.45. The summed E-state index contributed by atoms with van der Waals surface area (Å²) in [6.07, 6.45) is 1.81. The standard InChI is InChI=1S/C9H13NO3S2/c1-7-6-14-9(8(7)11)15(12,13)10-4-2-3-5-10/h6,11H,2-5H2,1H3. The van der Waals surface area contributed by atoms with Gasteiger partial charge in [-0.05, 0) is 25.1 Å². The Kier molecular flexibility index (Phi) is 2.74. The summed E-state index contributed by atoms with van der Waals surface area (Å²) in [5.41, 5.74) is 0.623. The van der Waals surface area contributed by atoms with Crippen molar-refractivity contribution in [3.63, 3.8) is 0 Å². The first-order valence-corrected chi connectivity index (χ1v) is 7.12. The molecule has 2 rings (SSSR count). The maximum Gasteiger partial charge on any atom is 0.256 e. The fourth-order valence-corrected chi connectivity index (χ4v) is 4.64. The summed E-state index contributed by atoms with van der Waals surface area (Å²) in [5, 5.41) is 11.3. The lowest BCUT2D eigenvalue weighted by Gasteiger charge is -2.13. The van der Waals surface area contributed by atoms with Crippen molar-refractivity contribution in [2.75, 3.05) is 13.1 Å². The average molecular weight is 247 g/mol. The maximum absolute atomic E-state index is 12.0. The first-order valence-electron chi connectivity index (χ1n) is 4.80. The van der Waals surface area contributed by atoms with Crippen LogP contribution in [0.5, 0.6) is 5.75 Å². The van der Waals surface area contributed by atoms with Gasteiger partial charge >= 0.3 is 0 Å². The molecule has 1 aliphatic heterocycles. The Morgan fingerprint density at radius 2 is 2.00 bits per heavy atom. The Labute approximate surface area is 93.2 Å². The molecule has 0 atom stereocenters. The summed E-state index contributed by atoms with van der Waals surface area (Å²) in [4.78, 5) is 0. The number of nitrogens with zero attached hydrogens (tertiary/aromatic N) is 1. The largest absolute Gasteiger partial charge is 0.505 e. The second kappa shape index (κ2) is 3.77. The molecule has 0 aliphatic carbocycles. The van der Waals surface area contributed by atoms with Crippen LogP contribution in [0.15, 0.2) is 9.59 Å². The summed E-state index contributed by atoms with van der Waals surface area (Å²) in [6.45, 7) is 2.84. The minimum Gasteiger partial charge on any atom is -0.505 e. The SMILES string of the molecule is Cc1csc(S(=O)(=O)N2CCCC2)c1O. The van der Waals surface area contributed by atoms with E-state index in [1.807, 2.05) is 0 Å². The fourth-order valence-electron chi connectivity index (χ4n) is 1.64. The molecule has 1 N–H and O–H groups in total. The predicted octanol–water partition coefficient (Wildman–Crippen LogP) is 1.55. The van der Waals surface area contributed by atoms with Gasteiger partial charge in [-0.1, -0.05) is 0 Å². The first-order chi connectivity index (χ1) is 7.03. The van der Waals surface area contributed by atoms with Gasteiger partial charge in [0.05, 0.1) is 0 Å². The lowest BCUT2D eigenvalue weighted by atomic mass is 10.4. The molecule has 0 amide bonds. The third-order valence-electron chi connectivity index (χ3n) is 2.55. The van der Waals surface area contributed by atoms with Crippen LogP contribution in [0.2, 0.25) is 0 Å². The Morgan fingerprint density at radius 3 is 2.47 bits per heavy atom. The molecule has 1 saturated heterocycles. The molecule has 1 fully saturated rings. The van der Waals surface area contributed by atoms with Crippen molar-refractivity contribution in [2.24, 2.45) is 0 Å². The van der Waals surface area contributed by atoms with E-state index < -0.39 is 10.0 Å². The van der Waals surface area contributed by atoms with Crippen LogP contribution in [0, 0.1) is 6.92 Å². The number of aryl methyl sites for hydroxylation is 1. The van der Waals surface area contributed by atoms with E-state index in [1.54, 1.807) is 12.3 Å². The quantitative estimate of drug-likeness (QED) is 0.862. The molecule has 0 aromatic carbocycles. The molecular formula is C9H13NO3S2. The Bertz CT molecular complexity index is 458. The van der Waals surface area contributed by atoms with Gasteiger partial charge in [-0.3, -0.25) is 0 Å². The highest BCUT2D eigenvalue weighted by Gasteiger charge is 2.31. The van der Waals surface area contributed by atoms with E-state index in [0.717, 1.165) is 24.2 Å². The van der Waals surface area contributed by atoms with Gasteiger partial charge in [-0.2, -0.15) is 4.31 Å². The number of hydrogen-bond donors (Lipinski definition) is 1. The second-order valence-electron chi connectivity index (χ2n) is 3.67. The monoisotopic (exact) mass is 247 g/mol. The summed E-state index contributed by atoms with van der Waals surface area (Å²) >= 11 is 1.09. The molecule has 0 unspecified atom stereocenters. The van der Waals surface area contributed by atoms with E-state index in [2.05, 4.69) is 0 Å². The van der Waals surface area contributed by atoms with E-state index >= 15 is 0 Å². The van der Waals surface area contributed by atoms with Crippen molar-refractivity contribution in [1.29, 1.82) is 0 Å². The van der Waals surface area contributed by atoms with Crippen LogP contribution in [0.25, 0.3) is 0 Å². The van der Waals surface area contributed by atoms with Gasteiger partial charge in [0.25, 0.3) is 10.0 Å². The normalized spacial score (nSPS) is 18.5. The van der Waals surface area contributed by atoms with Crippen molar-refractivity contribution in [2.45, 2.75) is 24.0 Å². The molecule has 84 valence electrons. The molecule has 15 heavy (non-hydrogen) atoms. The van der Waals surface area contributed by atoms with Crippen LogP contribution in [0.1, 0.15) is 18.4 Å². The number of thiophene rings is 1. The molecule has 0 saturated carbocycles. The number of aromatic hydroxyl groups is 1. The summed E-state index contributed by atoms with van der Waals surface area (Å²) in [6, 6.07) is 0. The van der Waals surface area contributed by atoms with Gasteiger partial charge in [-0.15, -0.1) is 11.3 Å². The van der Waals surface area contributed by atoms with E-state index in [4.69, 9.17) is 0 Å². The predicted molar refractivity (Wildman–Crippen MR) is 58.7 cm³/mol. The zero-order valence-electron chi connectivity index (χ0n) is 8.43. The molecule has 4 nitrogen and oxygen atoms in total. The molecule has 0 radical (unpaired) electrons. The van der Waals surface area contributed by atoms with Gasteiger partial charge in [0, 0.05) is 18.7 Å². The lowest BCUT2D eigenvalue weighted by Crippen LogP contribution is -2.27. The smallest absolute Gasteiger partial charge is 0.256 e. The van der Waals surface area contributed by atoms with Gasteiger partial charge in [0.2, 0.25) is 0 Å². The van der Waals surface area contributed by atoms with Gasteiger partial charge < -0.3 is 5.11 Å². The average Bonchev–Trinajstić information content (AvgIpc) is 2.78. The molecule has 0 bridgehead atoms. The van der Waals surface area contributed by atoms with Gasteiger partial charge in [0.15, 0.2) is 4.21 Å². The van der Waals surface area contributed by atoms with E-state index in [9.17, 15) is 13.5 Å². The van der Waals surface area contributed by atoms with Crippen LogP contribution in [-0.4, -0.2) is 30.9 Å².